The molecule has 8 heteroatoms. The van der Waals surface area contributed by atoms with Crippen molar-refractivity contribution in [3.63, 3.8) is 0 Å². The van der Waals surface area contributed by atoms with Crippen LogP contribution in [0.5, 0.6) is 0 Å². The summed E-state index contributed by atoms with van der Waals surface area (Å²) in [7, 11) is 0. The van der Waals surface area contributed by atoms with E-state index in [2.05, 4.69) is 17.1 Å². The topological polar surface area (TPSA) is 74.6 Å². The summed E-state index contributed by atoms with van der Waals surface area (Å²) in [5, 5.41) is 12.9. The van der Waals surface area contributed by atoms with Crippen molar-refractivity contribution in [1.82, 2.24) is 9.88 Å². The average molecular weight is 424 g/mol. The number of carboxylic acid groups (broad SMARTS) is 1. The molecule has 4 rings (SSSR count). The van der Waals surface area contributed by atoms with E-state index in [4.69, 9.17) is 0 Å². The van der Waals surface area contributed by atoms with Crippen LogP contribution in [0.15, 0.2) is 17.1 Å². The highest BCUT2D eigenvalue weighted by molar-refractivity contribution is 5.95. The van der Waals surface area contributed by atoms with Crippen LogP contribution in [-0.4, -0.2) is 41.8 Å². The molecule has 1 aromatic heterocycles. The third kappa shape index (κ3) is 3.62. The van der Waals surface area contributed by atoms with Crippen LogP contribution in [0.3, 0.4) is 0 Å². The van der Waals surface area contributed by atoms with Gasteiger partial charge in [0.25, 0.3) is 0 Å². The minimum atomic E-state index is -1.27. The molecule has 0 aliphatic carbocycles. The normalized spacial score (nSPS) is 20.7. The predicted molar refractivity (Wildman–Crippen MR) is 114 cm³/mol. The fraction of sp³-hybridized carbons (Fsp3) is 0.524. The number of halogens is 2. The Morgan fingerprint density at radius 1 is 1.38 bits per heavy atom. The molecule has 2 atom stereocenters. The second-order valence-electron chi connectivity index (χ2n) is 7.96. The first-order valence-corrected chi connectivity index (χ1v) is 10.0. The molecule has 2 aliphatic rings. The Bertz CT molecular complexity index is 1010. The number of benzene rings is 1. The van der Waals surface area contributed by atoms with Gasteiger partial charge in [-0.05, 0) is 51.3 Å². The lowest BCUT2D eigenvalue weighted by atomic mass is 9.93. The summed E-state index contributed by atoms with van der Waals surface area (Å²) in [6.45, 7) is 7.49. The number of carbonyl (C=O) groups is 1. The van der Waals surface area contributed by atoms with Gasteiger partial charge < -0.3 is 19.9 Å². The van der Waals surface area contributed by atoms with Crippen LogP contribution >= 0.6 is 12.4 Å². The summed E-state index contributed by atoms with van der Waals surface area (Å²) in [5.74, 6) is -1.22. The summed E-state index contributed by atoms with van der Waals surface area (Å²) < 4.78 is 17.1. The van der Waals surface area contributed by atoms with E-state index in [0.717, 1.165) is 44.6 Å². The largest absolute Gasteiger partial charge is 0.477 e. The van der Waals surface area contributed by atoms with Gasteiger partial charge in [-0.1, -0.05) is 6.92 Å². The lowest BCUT2D eigenvalue weighted by molar-refractivity contribution is 0.0694. The van der Waals surface area contributed by atoms with Crippen molar-refractivity contribution in [1.29, 1.82) is 0 Å². The van der Waals surface area contributed by atoms with Crippen molar-refractivity contribution in [2.45, 2.75) is 39.2 Å². The first-order valence-electron chi connectivity index (χ1n) is 10.0. The molecular weight excluding hydrogens is 397 g/mol. The number of anilines is 1. The highest BCUT2D eigenvalue weighted by Gasteiger charge is 2.31. The van der Waals surface area contributed by atoms with E-state index in [1.165, 1.54) is 12.3 Å². The SMILES string of the molecule is CCNCC1CCN(c2c(F)cc3c(=O)c(C(=O)O)cn4c3c2CCC4C)C1.Cl. The molecule has 2 N–H and O–H groups in total. The Kier molecular flexibility index (Phi) is 6.19. The van der Waals surface area contributed by atoms with Crippen LogP contribution in [0.1, 0.15) is 48.7 Å². The van der Waals surface area contributed by atoms with Gasteiger partial charge in [-0.2, -0.15) is 0 Å². The lowest BCUT2D eigenvalue weighted by Gasteiger charge is -2.31. The molecule has 0 spiro atoms. The molecule has 2 aromatic rings. The summed E-state index contributed by atoms with van der Waals surface area (Å²) in [5.41, 5.74) is 1.22. The molecule has 29 heavy (non-hydrogen) atoms. The van der Waals surface area contributed by atoms with Gasteiger partial charge in [-0.3, -0.25) is 4.79 Å². The first-order chi connectivity index (χ1) is 13.4. The summed E-state index contributed by atoms with van der Waals surface area (Å²) in [6.07, 6.45) is 3.91. The summed E-state index contributed by atoms with van der Waals surface area (Å²) >= 11 is 0. The monoisotopic (exact) mass is 423 g/mol. The minimum Gasteiger partial charge on any atom is -0.477 e. The number of aryl methyl sites for hydroxylation is 1. The van der Waals surface area contributed by atoms with E-state index in [-0.39, 0.29) is 29.4 Å². The molecule has 0 amide bonds. The van der Waals surface area contributed by atoms with Crippen LogP contribution in [0.4, 0.5) is 10.1 Å². The molecule has 2 unspecified atom stereocenters. The number of carboxylic acids is 1. The Morgan fingerprint density at radius 3 is 2.83 bits per heavy atom. The number of pyridine rings is 1. The number of nitrogens with one attached hydrogen (secondary N) is 1. The van der Waals surface area contributed by atoms with Crippen molar-refractivity contribution in [2.24, 2.45) is 5.92 Å². The van der Waals surface area contributed by atoms with Crippen LogP contribution in [0, 0.1) is 11.7 Å². The number of aromatic carboxylic acids is 1. The van der Waals surface area contributed by atoms with Gasteiger partial charge in [0, 0.05) is 36.3 Å². The van der Waals surface area contributed by atoms with Gasteiger partial charge >= 0.3 is 5.97 Å². The van der Waals surface area contributed by atoms with Crippen LogP contribution < -0.4 is 15.6 Å². The molecule has 1 fully saturated rings. The van der Waals surface area contributed by atoms with E-state index in [9.17, 15) is 14.7 Å². The molecule has 2 aliphatic heterocycles. The number of hydrogen-bond donors (Lipinski definition) is 2. The molecule has 3 heterocycles. The van der Waals surface area contributed by atoms with Gasteiger partial charge in [0.05, 0.1) is 11.2 Å². The molecule has 0 saturated carbocycles. The second-order valence-corrected chi connectivity index (χ2v) is 7.96. The molecule has 0 bridgehead atoms. The van der Waals surface area contributed by atoms with Crippen molar-refractivity contribution in [3.8, 4) is 0 Å². The highest BCUT2D eigenvalue weighted by atomic mass is 35.5. The molecule has 1 saturated heterocycles. The number of nitrogens with zero attached hydrogens (tertiary/aromatic N) is 2. The van der Waals surface area contributed by atoms with Gasteiger partial charge in [0.1, 0.15) is 11.4 Å². The maximum Gasteiger partial charge on any atom is 0.341 e. The Morgan fingerprint density at radius 2 is 2.14 bits per heavy atom. The van der Waals surface area contributed by atoms with E-state index < -0.39 is 17.2 Å². The van der Waals surface area contributed by atoms with E-state index in [1.807, 2.05) is 11.5 Å². The van der Waals surface area contributed by atoms with Crippen LogP contribution in [0.2, 0.25) is 0 Å². The fourth-order valence-electron chi connectivity index (χ4n) is 4.68. The first kappa shape index (κ1) is 21.6. The summed E-state index contributed by atoms with van der Waals surface area (Å²) in [4.78, 5) is 26.3. The average Bonchev–Trinajstić information content (AvgIpc) is 3.12. The Balaban J connectivity index is 0.00000240. The molecule has 1 aromatic carbocycles. The minimum absolute atomic E-state index is 0. The third-order valence-electron chi connectivity index (χ3n) is 6.14. The zero-order valence-corrected chi connectivity index (χ0v) is 17.5. The molecule has 158 valence electrons. The maximum atomic E-state index is 15.2. The number of hydrogen-bond acceptors (Lipinski definition) is 4. The predicted octanol–water partition coefficient (Wildman–Crippen LogP) is 3.20. The fourth-order valence-corrected chi connectivity index (χ4v) is 4.68. The highest BCUT2D eigenvalue weighted by Crippen LogP contribution is 2.39. The molecular formula is C21H27ClFN3O3. The quantitative estimate of drug-likeness (QED) is 0.772. The second kappa shape index (κ2) is 8.32. The zero-order chi connectivity index (χ0) is 20.0. The van der Waals surface area contributed by atoms with Gasteiger partial charge in [-0.15, -0.1) is 12.4 Å². The Hall–Kier alpha value is -2.12. The van der Waals surface area contributed by atoms with Gasteiger partial charge in [0.15, 0.2) is 0 Å². The standard InChI is InChI=1S/C21H26FN3O3.ClH/c1-3-23-9-13-6-7-24(10-13)19-14-5-4-12(2)25-11-16(21(27)28)20(26)15(18(14)25)8-17(19)22;/h8,11-13,23H,3-7,9-10H2,1-2H3,(H,27,28);1H. The molecule has 6 nitrogen and oxygen atoms in total. The zero-order valence-electron chi connectivity index (χ0n) is 16.7. The maximum absolute atomic E-state index is 15.2. The van der Waals surface area contributed by atoms with E-state index in [0.29, 0.717) is 23.5 Å². The lowest BCUT2D eigenvalue weighted by Crippen LogP contribution is -2.29. The number of rotatable bonds is 5. The van der Waals surface area contributed by atoms with Crippen LogP contribution in [-0.2, 0) is 6.42 Å². The molecule has 0 radical (unpaired) electrons. The van der Waals surface area contributed by atoms with Crippen molar-refractivity contribution in [2.75, 3.05) is 31.1 Å². The van der Waals surface area contributed by atoms with Crippen molar-refractivity contribution in [3.05, 3.63) is 39.4 Å². The van der Waals surface area contributed by atoms with E-state index >= 15 is 4.39 Å². The third-order valence-corrected chi connectivity index (χ3v) is 6.14. The van der Waals surface area contributed by atoms with Crippen LogP contribution in [0.25, 0.3) is 10.9 Å². The van der Waals surface area contributed by atoms with Crippen molar-refractivity contribution >= 4 is 35.0 Å². The van der Waals surface area contributed by atoms with Gasteiger partial charge in [-0.25, -0.2) is 9.18 Å². The number of aromatic nitrogens is 1. The smallest absolute Gasteiger partial charge is 0.341 e. The van der Waals surface area contributed by atoms with Crippen molar-refractivity contribution < 1.29 is 14.3 Å². The Labute approximate surface area is 175 Å². The van der Waals surface area contributed by atoms with Gasteiger partial charge in [0.2, 0.25) is 5.43 Å². The van der Waals surface area contributed by atoms with E-state index in [1.54, 1.807) is 0 Å². The summed E-state index contributed by atoms with van der Waals surface area (Å²) in [6, 6.07) is 1.31.